The van der Waals surface area contributed by atoms with E-state index in [1.54, 1.807) is 101 Å². The van der Waals surface area contributed by atoms with Crippen LogP contribution in [0.4, 0.5) is 10.3 Å². The number of para-hydroxylation sites is 1. The van der Waals surface area contributed by atoms with Crippen LogP contribution in [0.2, 0.25) is 30.1 Å². The van der Waals surface area contributed by atoms with Gasteiger partial charge in [-0.3, -0.25) is 44.8 Å². The van der Waals surface area contributed by atoms with E-state index >= 15 is 0 Å². The number of carboxylic acid groups (broad SMARTS) is 3. The van der Waals surface area contributed by atoms with E-state index in [4.69, 9.17) is 89.0 Å². The Hall–Kier alpha value is -11.4. The van der Waals surface area contributed by atoms with Gasteiger partial charge in [-0.25, -0.2) is 28.8 Å². The highest BCUT2D eigenvalue weighted by molar-refractivity contribution is 6.42. The number of alkyl halides is 1. The van der Waals surface area contributed by atoms with Crippen LogP contribution in [-0.2, 0) is 53.2 Å². The van der Waals surface area contributed by atoms with Gasteiger partial charge in [0.15, 0.2) is 23.9 Å². The Kier molecular flexibility index (Phi) is 32.7. The molecule has 8 aromatic rings. The fourth-order valence-corrected chi connectivity index (χ4v) is 15.1. The zero-order chi connectivity index (χ0) is 85.6. The van der Waals surface area contributed by atoms with E-state index in [1.807, 2.05) is 18.2 Å². The summed E-state index contributed by atoms with van der Waals surface area (Å²) in [5.74, 6) is -6.41. The van der Waals surface area contributed by atoms with Crippen LogP contribution in [0, 0.1) is 22.9 Å². The minimum atomic E-state index is -1.50. The van der Waals surface area contributed by atoms with Gasteiger partial charge in [0.1, 0.15) is 42.4 Å². The Balaban J connectivity index is 0.000000203. The van der Waals surface area contributed by atoms with Crippen LogP contribution in [0.15, 0.2) is 147 Å². The van der Waals surface area contributed by atoms with Crippen molar-refractivity contribution >= 4 is 146 Å². The van der Waals surface area contributed by atoms with Crippen molar-refractivity contribution in [2.24, 2.45) is 9.98 Å². The number of nitrogens with zero attached hydrogens (tertiary/aromatic N) is 7. The van der Waals surface area contributed by atoms with E-state index in [2.05, 4.69) is 53.8 Å². The number of aliphatic hydroxyl groups excluding tert-OH is 3. The first-order valence-corrected chi connectivity index (χ1v) is 38.6. The number of nitriles is 2. The molecular weight excluding hydrogens is 1660 g/mol. The molecule has 38 heteroatoms. The summed E-state index contributed by atoms with van der Waals surface area (Å²) in [4.78, 5) is 114. The largest absolute Gasteiger partial charge is 0.508 e. The second-order valence-corrected chi connectivity index (χ2v) is 29.4. The van der Waals surface area contributed by atoms with Gasteiger partial charge in [-0.2, -0.15) is 10.5 Å². The summed E-state index contributed by atoms with van der Waals surface area (Å²) in [7, 11) is 0. The fraction of sp³-hybridized carbons (Fsp3) is 0.300. The standard InChI is InChI=1S/C30H26Cl2N2O6.C27H29Cl2N7O6.C23H24Cl2FN5O5/c1-16(35)18-7-4-5-17(11-18)12-23(30(38)39)33-28(36)26-22(31)13-20-15-34(10-9-21(20)27(26)32)29(37)25-14-19-6-2-3-8-24(19)40-25;1-2-7-31-21-4-3-20(42-21)25(39)35-9-6-17-15(12-35)10-18(28)22(23(17)29)24(38)34-19(26(40)41)11-32-27(33-14-30)36-8-5-16(37)13-36;24-16-8-13(4-5-19(33)14-2-1-3-15(32)10-14)9-17(25)20(16)21(34)31-18(22(35)36)11-29-23(30-12-27)28-7-6-26/h2-8,11,13-14,16,23,35H,9-10,12,15H2,1H3,(H,33,36)(H,38,39);2-4,7,10,16,19,27,32-33,37H,1,5-6,8-9,11-13H2,(H,34,38)(H,40,41);1-3,8-10,18-19,32-33H,4-7,11H2,(H,31,34)(H,35,36)(H2,28,29,30)/t16-,23-;16-,19-,27?;18-,19?/m000/s1. The zero-order valence-corrected chi connectivity index (χ0v) is 67.2. The van der Waals surface area contributed by atoms with E-state index < -0.39 is 91.6 Å². The Morgan fingerprint density at radius 1 is 0.669 bits per heavy atom. The van der Waals surface area contributed by atoms with Crippen LogP contribution >= 0.6 is 69.6 Å². The number of aryl methyl sites for hydroxylation is 1. The lowest BCUT2D eigenvalue weighted by Crippen LogP contribution is -2.57. The molecule has 3 aliphatic heterocycles. The number of likely N-dealkylation sites (tertiary alicyclic amines) is 1. The Morgan fingerprint density at radius 3 is 1.82 bits per heavy atom. The first-order valence-electron chi connectivity index (χ1n) is 36.3. The van der Waals surface area contributed by atoms with Gasteiger partial charge in [0.2, 0.25) is 11.8 Å². The van der Waals surface area contributed by atoms with Crippen molar-refractivity contribution in [3.63, 3.8) is 0 Å². The van der Waals surface area contributed by atoms with E-state index in [0.29, 0.717) is 102 Å². The SMILES string of the molecule is C=CC=Nc1ccc(C(=O)N2CCc3c(cc(Cl)c(C(=O)N[C@@H](CNC(NC#N)N4CC[C@H](O)C4)C(=O)O)c3Cl)C2)o1.C[C@H](O)c1cccc(C[C@H](NC(=O)c2c(Cl)cc3c(c2Cl)CCN(C(=O)c2cc4ccccc4o2)C3)C(=O)O)c1.N#CNC(=NC[C@H](NC(=O)c1c(Cl)cc(CCC(O)c2cccc(O)c2)cc1Cl)C(=O)O)NCCF. The monoisotopic (exact) mass is 1740 g/mol. The summed E-state index contributed by atoms with van der Waals surface area (Å²) in [6.07, 6.45) is 5.33. The van der Waals surface area contributed by atoms with Crippen molar-refractivity contribution in [2.45, 2.75) is 101 Å². The average Bonchev–Trinajstić information content (AvgIpc) is 1.06. The second-order valence-electron chi connectivity index (χ2n) is 27.0. The molecule has 3 aliphatic rings. The molecule has 2 aromatic heterocycles. The lowest BCUT2D eigenvalue weighted by Gasteiger charge is -2.30. The maximum Gasteiger partial charge on any atom is 0.328 e. The minimum absolute atomic E-state index is 0.000669. The number of aliphatic carboxylic acids is 3. The molecule has 31 nitrogen and oxygen atoms in total. The van der Waals surface area contributed by atoms with Crippen LogP contribution in [0.3, 0.4) is 0 Å². The molecule has 2 unspecified atom stereocenters. The van der Waals surface area contributed by atoms with Crippen molar-refractivity contribution in [2.75, 3.05) is 52.5 Å². The van der Waals surface area contributed by atoms with Gasteiger partial charge >= 0.3 is 17.9 Å². The van der Waals surface area contributed by atoms with Gasteiger partial charge in [0, 0.05) is 76.4 Å². The lowest BCUT2D eigenvalue weighted by atomic mass is 9.96. The highest BCUT2D eigenvalue weighted by atomic mass is 35.5. The number of carbonyl (C=O) groups is 8. The Morgan fingerprint density at radius 2 is 1.25 bits per heavy atom. The van der Waals surface area contributed by atoms with E-state index in [-0.39, 0.29) is 127 Å². The number of phenolic OH excluding ortho intramolecular Hbond substituents is 1. The maximum absolute atomic E-state index is 13.2. The molecule has 1 saturated heterocycles. The Labute approximate surface area is 704 Å². The minimum Gasteiger partial charge on any atom is -0.508 e. The lowest BCUT2D eigenvalue weighted by molar-refractivity contribution is -0.140. The Bertz CT molecular complexity index is 5170. The highest BCUT2D eigenvalue weighted by Gasteiger charge is 2.35. The molecule has 0 spiro atoms. The molecular formula is C80H79Cl6FN14O17. The number of β-amino-alcohol motifs (C(OH)–C–C–N with tert-alkyl or cyclic N) is 1. The number of phenols is 1. The third-order valence-corrected chi connectivity index (χ3v) is 20.9. The highest BCUT2D eigenvalue weighted by Crippen LogP contribution is 2.38. The quantitative estimate of drug-likeness (QED) is 0.00681. The number of amides is 5. The summed E-state index contributed by atoms with van der Waals surface area (Å²) < 4.78 is 23.6. The summed E-state index contributed by atoms with van der Waals surface area (Å²) >= 11 is 38.8. The molecule has 620 valence electrons. The molecule has 5 heterocycles. The molecule has 6 aromatic carbocycles. The van der Waals surface area contributed by atoms with Crippen LogP contribution in [0.5, 0.6) is 5.75 Å². The number of guanidine groups is 1. The molecule has 14 N–H and O–H groups in total. The zero-order valence-electron chi connectivity index (χ0n) is 62.7. The number of aliphatic imine (C=N–C) groups is 2. The number of furan rings is 2. The van der Waals surface area contributed by atoms with Crippen LogP contribution in [-0.4, -0.2) is 193 Å². The first kappa shape index (κ1) is 90.5. The van der Waals surface area contributed by atoms with Gasteiger partial charge in [-0.1, -0.05) is 137 Å². The number of carbonyl (C=O) groups excluding carboxylic acids is 5. The normalized spacial score (nSPS) is 15.3. The third-order valence-electron chi connectivity index (χ3n) is 18.8. The van der Waals surface area contributed by atoms with Gasteiger partial charge in [0.05, 0.1) is 71.7 Å². The molecule has 0 radical (unpaired) electrons. The van der Waals surface area contributed by atoms with Crippen molar-refractivity contribution < 1.29 is 87.3 Å². The molecule has 0 saturated carbocycles. The first-order chi connectivity index (χ1) is 56.4. The number of hydrogen-bond acceptors (Lipinski definition) is 21. The number of carboxylic acids is 3. The number of aromatic hydroxyl groups is 1. The topological polar surface area (TPSA) is 471 Å². The second kappa shape index (κ2) is 42.7. The number of allylic oxidation sites excluding steroid dienone is 1. The number of aliphatic hydroxyl groups is 3. The van der Waals surface area contributed by atoms with E-state index in [0.717, 1.165) is 5.39 Å². The van der Waals surface area contributed by atoms with Crippen molar-refractivity contribution in [1.82, 2.24) is 51.9 Å². The summed E-state index contributed by atoms with van der Waals surface area (Å²) in [6.45, 7) is 5.38. The summed E-state index contributed by atoms with van der Waals surface area (Å²) in [5.41, 5.74) is 5.50. The number of nitrogens with one attached hydrogen (secondary N) is 7. The maximum atomic E-state index is 13.2. The number of halogens is 7. The molecule has 7 atom stereocenters. The van der Waals surface area contributed by atoms with Crippen LogP contribution in [0.1, 0.15) is 129 Å². The van der Waals surface area contributed by atoms with Crippen molar-refractivity contribution in [3.05, 3.63) is 231 Å². The molecule has 5 amide bonds. The molecule has 118 heavy (non-hydrogen) atoms. The summed E-state index contributed by atoms with van der Waals surface area (Å²) in [5, 5.41) is 105. The summed E-state index contributed by atoms with van der Waals surface area (Å²) in [6, 6.07) is 27.3. The smallest absolute Gasteiger partial charge is 0.328 e. The predicted octanol–water partition coefficient (Wildman–Crippen LogP) is 9.82. The molecule has 0 bridgehead atoms. The van der Waals surface area contributed by atoms with Crippen molar-refractivity contribution in [3.8, 4) is 18.1 Å². The van der Waals surface area contributed by atoms with Gasteiger partial charge in [-0.15, -0.1) is 0 Å². The predicted molar refractivity (Wildman–Crippen MR) is 436 cm³/mol. The molecule has 0 aliphatic carbocycles. The van der Waals surface area contributed by atoms with Gasteiger partial charge in [0.25, 0.3) is 29.5 Å². The number of hydrogen-bond donors (Lipinski definition) is 14. The number of rotatable bonds is 29. The molecule has 11 rings (SSSR count). The van der Waals surface area contributed by atoms with Crippen LogP contribution < -0.4 is 37.2 Å². The number of benzene rings is 6. The molecule has 1 fully saturated rings. The average molecular weight is 1740 g/mol. The van der Waals surface area contributed by atoms with Gasteiger partial charge < -0.3 is 75.6 Å². The number of fused-ring (bicyclic) bond motifs is 3. The van der Waals surface area contributed by atoms with Crippen LogP contribution in [0.25, 0.3) is 11.0 Å². The van der Waals surface area contributed by atoms with Gasteiger partial charge in [-0.05, 0) is 138 Å². The van der Waals surface area contributed by atoms with E-state index in [1.165, 1.54) is 42.6 Å². The van der Waals surface area contributed by atoms with E-state index in [9.17, 15) is 78.5 Å². The fourth-order valence-electron chi connectivity index (χ4n) is 12.9. The third kappa shape index (κ3) is 23.9. The van der Waals surface area contributed by atoms with Crippen molar-refractivity contribution in [1.29, 1.82) is 10.5 Å².